The van der Waals surface area contributed by atoms with Gasteiger partial charge < -0.3 is 10.2 Å². The minimum atomic E-state index is -0.273. The maximum atomic E-state index is 13.3. The van der Waals surface area contributed by atoms with Crippen LogP contribution in [0, 0.1) is 5.82 Å². The second-order valence-corrected chi connectivity index (χ2v) is 5.02. The Hall–Kier alpha value is -1.42. The van der Waals surface area contributed by atoms with Gasteiger partial charge >= 0.3 is 0 Å². The Morgan fingerprint density at radius 3 is 3.06 bits per heavy atom. The zero-order valence-electron chi connectivity index (χ0n) is 10.3. The SMILES string of the molecule is O=C(C1CCCCN1)N1CCc2ccc(F)cc21. The first kappa shape index (κ1) is 11.7. The van der Waals surface area contributed by atoms with Gasteiger partial charge in [-0.2, -0.15) is 0 Å². The maximum absolute atomic E-state index is 13.3. The van der Waals surface area contributed by atoms with Crippen molar-refractivity contribution in [3.63, 3.8) is 0 Å². The van der Waals surface area contributed by atoms with Crippen LogP contribution in [0.4, 0.5) is 10.1 Å². The Labute approximate surface area is 106 Å². The van der Waals surface area contributed by atoms with E-state index in [9.17, 15) is 9.18 Å². The first-order valence-electron chi connectivity index (χ1n) is 6.59. The fourth-order valence-corrected chi connectivity index (χ4v) is 2.83. The van der Waals surface area contributed by atoms with Crippen LogP contribution < -0.4 is 10.2 Å². The summed E-state index contributed by atoms with van der Waals surface area (Å²) in [6.07, 6.45) is 3.94. The molecule has 1 atom stereocenters. The molecule has 0 aliphatic carbocycles. The first-order chi connectivity index (χ1) is 8.75. The smallest absolute Gasteiger partial charge is 0.244 e. The summed E-state index contributed by atoms with van der Waals surface area (Å²) >= 11 is 0. The van der Waals surface area contributed by atoms with E-state index in [1.165, 1.54) is 12.1 Å². The number of amides is 1. The summed E-state index contributed by atoms with van der Waals surface area (Å²) in [5.41, 5.74) is 1.83. The number of hydrogen-bond acceptors (Lipinski definition) is 2. The number of halogens is 1. The van der Waals surface area contributed by atoms with Crippen molar-refractivity contribution in [2.45, 2.75) is 31.7 Å². The molecule has 2 heterocycles. The van der Waals surface area contributed by atoms with Crippen molar-refractivity contribution in [1.82, 2.24) is 5.32 Å². The van der Waals surface area contributed by atoms with Crippen molar-refractivity contribution >= 4 is 11.6 Å². The van der Waals surface area contributed by atoms with Gasteiger partial charge in [0.2, 0.25) is 5.91 Å². The summed E-state index contributed by atoms with van der Waals surface area (Å²) < 4.78 is 13.3. The van der Waals surface area contributed by atoms with Crippen LogP contribution in [0.5, 0.6) is 0 Å². The van der Waals surface area contributed by atoms with E-state index in [1.54, 1.807) is 11.0 Å². The van der Waals surface area contributed by atoms with Crippen LogP contribution in [-0.2, 0) is 11.2 Å². The van der Waals surface area contributed by atoms with E-state index >= 15 is 0 Å². The number of fused-ring (bicyclic) bond motifs is 1. The van der Waals surface area contributed by atoms with Crippen molar-refractivity contribution in [3.05, 3.63) is 29.6 Å². The van der Waals surface area contributed by atoms with Gasteiger partial charge in [0.05, 0.1) is 6.04 Å². The Bertz CT molecular complexity index is 469. The molecule has 0 radical (unpaired) electrons. The highest BCUT2D eigenvalue weighted by Crippen LogP contribution is 2.29. The highest BCUT2D eigenvalue weighted by molar-refractivity contribution is 5.99. The molecule has 1 aromatic carbocycles. The highest BCUT2D eigenvalue weighted by atomic mass is 19.1. The molecular weight excluding hydrogens is 231 g/mol. The van der Waals surface area contributed by atoms with Gasteiger partial charge in [0.15, 0.2) is 0 Å². The average Bonchev–Trinajstić information content (AvgIpc) is 2.82. The fourth-order valence-electron chi connectivity index (χ4n) is 2.83. The lowest BCUT2D eigenvalue weighted by Crippen LogP contribution is -2.48. The molecule has 1 amide bonds. The molecule has 1 fully saturated rings. The van der Waals surface area contributed by atoms with Gasteiger partial charge in [0, 0.05) is 12.2 Å². The topological polar surface area (TPSA) is 32.3 Å². The van der Waals surface area contributed by atoms with E-state index in [4.69, 9.17) is 0 Å². The fraction of sp³-hybridized carbons (Fsp3) is 0.500. The summed E-state index contributed by atoms with van der Waals surface area (Å²) in [5.74, 6) is -0.177. The van der Waals surface area contributed by atoms with Crippen LogP contribution in [-0.4, -0.2) is 25.0 Å². The minimum Gasteiger partial charge on any atom is -0.310 e. The molecule has 0 saturated carbocycles. The Kier molecular flexibility index (Phi) is 3.04. The molecule has 18 heavy (non-hydrogen) atoms. The zero-order valence-corrected chi connectivity index (χ0v) is 10.3. The largest absolute Gasteiger partial charge is 0.310 e. The third-order valence-corrected chi connectivity index (χ3v) is 3.82. The predicted molar refractivity (Wildman–Crippen MR) is 68.1 cm³/mol. The lowest BCUT2D eigenvalue weighted by atomic mass is 10.0. The van der Waals surface area contributed by atoms with Crippen LogP contribution >= 0.6 is 0 Å². The second-order valence-electron chi connectivity index (χ2n) is 5.02. The van der Waals surface area contributed by atoms with E-state index in [1.807, 2.05) is 0 Å². The van der Waals surface area contributed by atoms with Crippen molar-refractivity contribution in [3.8, 4) is 0 Å². The second kappa shape index (κ2) is 4.69. The summed E-state index contributed by atoms with van der Waals surface area (Å²) in [5, 5.41) is 3.26. The number of benzene rings is 1. The summed E-state index contributed by atoms with van der Waals surface area (Å²) in [4.78, 5) is 14.2. The summed E-state index contributed by atoms with van der Waals surface area (Å²) in [7, 11) is 0. The van der Waals surface area contributed by atoms with Gasteiger partial charge in [-0.15, -0.1) is 0 Å². The van der Waals surface area contributed by atoms with Gasteiger partial charge in [0.1, 0.15) is 5.82 Å². The van der Waals surface area contributed by atoms with Gasteiger partial charge in [-0.1, -0.05) is 12.5 Å². The molecule has 3 rings (SSSR count). The lowest BCUT2D eigenvalue weighted by molar-refractivity contribution is -0.121. The zero-order chi connectivity index (χ0) is 12.5. The van der Waals surface area contributed by atoms with Gasteiger partial charge in [-0.3, -0.25) is 4.79 Å². The monoisotopic (exact) mass is 248 g/mol. The molecule has 1 unspecified atom stereocenters. The minimum absolute atomic E-state index is 0.0898. The van der Waals surface area contributed by atoms with E-state index < -0.39 is 0 Å². The Balaban J connectivity index is 1.82. The van der Waals surface area contributed by atoms with Crippen molar-refractivity contribution in [2.75, 3.05) is 18.0 Å². The van der Waals surface area contributed by atoms with Crippen LogP contribution in [0.2, 0.25) is 0 Å². The Morgan fingerprint density at radius 2 is 2.28 bits per heavy atom. The van der Waals surface area contributed by atoms with E-state index in [2.05, 4.69) is 5.32 Å². The van der Waals surface area contributed by atoms with E-state index in [0.717, 1.165) is 43.5 Å². The molecule has 0 bridgehead atoms. The molecule has 0 spiro atoms. The van der Waals surface area contributed by atoms with Gasteiger partial charge in [-0.05, 0) is 43.5 Å². The van der Waals surface area contributed by atoms with Crippen molar-refractivity contribution in [1.29, 1.82) is 0 Å². The van der Waals surface area contributed by atoms with Gasteiger partial charge in [-0.25, -0.2) is 4.39 Å². The lowest BCUT2D eigenvalue weighted by Gasteiger charge is -2.27. The molecule has 4 heteroatoms. The summed E-state index contributed by atoms with van der Waals surface area (Å²) in [6.45, 7) is 1.58. The molecule has 2 aliphatic rings. The molecular formula is C14H17FN2O. The van der Waals surface area contributed by atoms with Crippen molar-refractivity contribution < 1.29 is 9.18 Å². The van der Waals surface area contributed by atoms with E-state index in [0.29, 0.717) is 6.54 Å². The maximum Gasteiger partial charge on any atom is 0.244 e. The summed E-state index contributed by atoms with van der Waals surface area (Å²) in [6, 6.07) is 4.63. The number of nitrogens with one attached hydrogen (secondary N) is 1. The number of piperidine rings is 1. The molecule has 1 N–H and O–H groups in total. The van der Waals surface area contributed by atoms with E-state index in [-0.39, 0.29) is 17.8 Å². The third-order valence-electron chi connectivity index (χ3n) is 3.82. The number of anilines is 1. The third kappa shape index (κ3) is 2.01. The standard InChI is InChI=1S/C14H17FN2O/c15-11-5-4-10-6-8-17(13(10)9-11)14(18)12-3-1-2-7-16-12/h4-5,9,12,16H,1-3,6-8H2. The number of carbonyl (C=O) groups is 1. The molecule has 2 aliphatic heterocycles. The number of nitrogens with zero attached hydrogens (tertiary/aromatic N) is 1. The number of hydrogen-bond donors (Lipinski definition) is 1. The highest BCUT2D eigenvalue weighted by Gasteiger charge is 2.30. The number of carbonyl (C=O) groups excluding carboxylic acids is 1. The van der Waals surface area contributed by atoms with Crippen LogP contribution in [0.15, 0.2) is 18.2 Å². The molecule has 3 nitrogen and oxygen atoms in total. The Morgan fingerprint density at radius 1 is 1.39 bits per heavy atom. The van der Waals surface area contributed by atoms with Crippen LogP contribution in [0.1, 0.15) is 24.8 Å². The molecule has 96 valence electrons. The van der Waals surface area contributed by atoms with Gasteiger partial charge in [0.25, 0.3) is 0 Å². The molecule has 0 aromatic heterocycles. The van der Waals surface area contributed by atoms with Crippen molar-refractivity contribution in [2.24, 2.45) is 0 Å². The molecule has 1 saturated heterocycles. The molecule has 1 aromatic rings. The number of rotatable bonds is 1. The average molecular weight is 248 g/mol. The van der Waals surface area contributed by atoms with Crippen LogP contribution in [0.25, 0.3) is 0 Å². The van der Waals surface area contributed by atoms with Crippen LogP contribution in [0.3, 0.4) is 0 Å². The normalized spacial score (nSPS) is 22.9. The predicted octanol–water partition coefficient (Wildman–Crippen LogP) is 1.86. The first-order valence-corrected chi connectivity index (χ1v) is 6.59. The quantitative estimate of drug-likeness (QED) is 0.822.